The van der Waals surface area contributed by atoms with Crippen molar-refractivity contribution in [1.29, 1.82) is 0 Å². The van der Waals surface area contributed by atoms with Crippen molar-refractivity contribution in [3.05, 3.63) is 53.9 Å². The average molecular weight is 241 g/mol. The molecule has 3 heteroatoms. The van der Waals surface area contributed by atoms with E-state index in [2.05, 4.69) is 18.8 Å². The summed E-state index contributed by atoms with van der Waals surface area (Å²) < 4.78 is 0. The second kappa shape index (κ2) is 5.00. The lowest BCUT2D eigenvalue weighted by Crippen LogP contribution is -2.01. The molecule has 0 aliphatic rings. The molecular formula is C15H15NO2. The van der Waals surface area contributed by atoms with Gasteiger partial charge in [-0.15, -0.1) is 0 Å². The maximum absolute atomic E-state index is 11.3. The molecule has 0 atom stereocenters. The Morgan fingerprint density at radius 2 is 2.06 bits per heavy atom. The lowest BCUT2D eigenvalue weighted by molar-refractivity contribution is 0.0697. The van der Waals surface area contributed by atoms with E-state index in [-0.39, 0.29) is 0 Å². The molecule has 2 aromatic rings. The van der Waals surface area contributed by atoms with Crippen LogP contribution in [0.5, 0.6) is 0 Å². The Bertz CT molecular complexity index is 562. The molecular weight excluding hydrogens is 226 g/mol. The van der Waals surface area contributed by atoms with Crippen molar-refractivity contribution in [3.8, 4) is 11.1 Å². The number of nitrogens with zero attached hydrogens (tertiary/aromatic N) is 1. The van der Waals surface area contributed by atoms with Crippen LogP contribution in [0.4, 0.5) is 0 Å². The summed E-state index contributed by atoms with van der Waals surface area (Å²) in [6, 6.07) is 9.15. The summed E-state index contributed by atoms with van der Waals surface area (Å²) >= 11 is 0. The number of pyridine rings is 1. The summed E-state index contributed by atoms with van der Waals surface area (Å²) in [6.45, 7) is 4.17. The highest BCUT2D eigenvalue weighted by Crippen LogP contribution is 2.27. The van der Waals surface area contributed by atoms with Gasteiger partial charge in [0.2, 0.25) is 0 Å². The third-order valence-corrected chi connectivity index (χ3v) is 2.91. The minimum Gasteiger partial charge on any atom is -0.478 e. The Labute approximate surface area is 106 Å². The summed E-state index contributed by atoms with van der Waals surface area (Å²) in [5, 5.41) is 9.24. The second-order valence-corrected chi connectivity index (χ2v) is 4.51. The number of carbonyl (C=O) groups is 1. The number of aromatic nitrogens is 1. The van der Waals surface area contributed by atoms with Crippen molar-refractivity contribution in [2.45, 2.75) is 19.8 Å². The van der Waals surface area contributed by atoms with Gasteiger partial charge in [-0.1, -0.05) is 26.0 Å². The highest BCUT2D eigenvalue weighted by atomic mass is 16.4. The average Bonchev–Trinajstić information content (AvgIpc) is 2.39. The number of aromatic carboxylic acids is 1. The quantitative estimate of drug-likeness (QED) is 0.893. The monoisotopic (exact) mass is 241 g/mol. The van der Waals surface area contributed by atoms with Crippen LogP contribution >= 0.6 is 0 Å². The Morgan fingerprint density at radius 3 is 2.61 bits per heavy atom. The van der Waals surface area contributed by atoms with Gasteiger partial charge >= 0.3 is 5.97 Å². The fourth-order valence-electron chi connectivity index (χ4n) is 1.87. The van der Waals surface area contributed by atoms with E-state index in [1.165, 1.54) is 0 Å². The number of carboxylic acids is 1. The molecule has 0 fully saturated rings. The maximum atomic E-state index is 11.3. The van der Waals surface area contributed by atoms with Crippen LogP contribution in [0.3, 0.4) is 0 Å². The normalized spacial score (nSPS) is 10.6. The lowest BCUT2D eigenvalue weighted by atomic mass is 9.94. The van der Waals surface area contributed by atoms with Gasteiger partial charge in [0.1, 0.15) is 0 Å². The molecule has 1 N–H and O–H groups in total. The Morgan fingerprint density at radius 1 is 1.28 bits per heavy atom. The Balaban J connectivity index is 2.62. The Hall–Kier alpha value is -2.16. The van der Waals surface area contributed by atoms with Crippen molar-refractivity contribution in [1.82, 2.24) is 4.98 Å². The van der Waals surface area contributed by atoms with Crippen molar-refractivity contribution >= 4 is 5.97 Å². The largest absolute Gasteiger partial charge is 0.478 e. The van der Waals surface area contributed by atoms with Crippen molar-refractivity contribution in [3.63, 3.8) is 0 Å². The summed E-state index contributed by atoms with van der Waals surface area (Å²) in [5.41, 5.74) is 2.99. The predicted molar refractivity (Wildman–Crippen MR) is 70.7 cm³/mol. The van der Waals surface area contributed by atoms with Gasteiger partial charge in [-0.2, -0.15) is 0 Å². The fourth-order valence-corrected chi connectivity index (χ4v) is 1.87. The van der Waals surface area contributed by atoms with Gasteiger partial charge in [-0.05, 0) is 35.2 Å². The minimum absolute atomic E-state index is 0.312. The maximum Gasteiger partial charge on any atom is 0.336 e. The number of hydrogen-bond acceptors (Lipinski definition) is 2. The van der Waals surface area contributed by atoms with E-state index in [1.54, 1.807) is 18.5 Å². The van der Waals surface area contributed by atoms with Gasteiger partial charge in [-0.3, -0.25) is 4.98 Å². The third-order valence-electron chi connectivity index (χ3n) is 2.91. The van der Waals surface area contributed by atoms with E-state index in [1.807, 2.05) is 24.3 Å². The fraction of sp³-hybridized carbons (Fsp3) is 0.200. The predicted octanol–water partition coefficient (Wildman–Crippen LogP) is 3.57. The van der Waals surface area contributed by atoms with E-state index in [0.717, 1.165) is 16.7 Å². The zero-order valence-electron chi connectivity index (χ0n) is 10.4. The minimum atomic E-state index is -0.913. The van der Waals surface area contributed by atoms with Crippen molar-refractivity contribution in [2.75, 3.05) is 0 Å². The molecule has 1 aromatic carbocycles. The summed E-state index contributed by atoms with van der Waals surface area (Å²) in [4.78, 5) is 15.3. The molecule has 3 nitrogen and oxygen atoms in total. The van der Waals surface area contributed by atoms with Gasteiger partial charge in [0.25, 0.3) is 0 Å². The van der Waals surface area contributed by atoms with E-state index in [9.17, 15) is 9.90 Å². The van der Waals surface area contributed by atoms with Crippen molar-refractivity contribution < 1.29 is 9.90 Å². The first-order valence-corrected chi connectivity index (χ1v) is 5.87. The zero-order valence-corrected chi connectivity index (χ0v) is 10.4. The first-order valence-electron chi connectivity index (χ1n) is 5.87. The van der Waals surface area contributed by atoms with Crippen LogP contribution in [0.15, 0.2) is 42.7 Å². The molecule has 0 aliphatic heterocycles. The lowest BCUT2D eigenvalue weighted by Gasteiger charge is -2.11. The molecule has 18 heavy (non-hydrogen) atoms. The van der Waals surface area contributed by atoms with Crippen LogP contribution in [0.1, 0.15) is 35.7 Å². The molecule has 0 saturated heterocycles. The Kier molecular flexibility index (Phi) is 3.42. The van der Waals surface area contributed by atoms with Crippen LogP contribution in [0.2, 0.25) is 0 Å². The smallest absolute Gasteiger partial charge is 0.336 e. The molecule has 0 amide bonds. The van der Waals surface area contributed by atoms with E-state index >= 15 is 0 Å². The van der Waals surface area contributed by atoms with Crippen LogP contribution < -0.4 is 0 Å². The number of benzene rings is 1. The zero-order chi connectivity index (χ0) is 13.1. The van der Waals surface area contributed by atoms with Gasteiger partial charge in [0.05, 0.1) is 5.56 Å². The first kappa shape index (κ1) is 12.3. The summed E-state index contributed by atoms with van der Waals surface area (Å²) in [6.07, 6.45) is 3.36. The van der Waals surface area contributed by atoms with E-state index in [4.69, 9.17) is 0 Å². The molecule has 0 bridgehead atoms. The molecule has 2 rings (SSSR count). The second-order valence-electron chi connectivity index (χ2n) is 4.51. The van der Waals surface area contributed by atoms with Gasteiger partial charge in [-0.25, -0.2) is 4.79 Å². The molecule has 0 unspecified atom stereocenters. The molecule has 0 spiro atoms. The molecule has 0 radical (unpaired) electrons. The number of carboxylic acid groups (broad SMARTS) is 1. The highest BCUT2D eigenvalue weighted by Gasteiger charge is 2.13. The highest BCUT2D eigenvalue weighted by molar-refractivity contribution is 5.96. The van der Waals surface area contributed by atoms with Gasteiger partial charge in [0.15, 0.2) is 0 Å². The topological polar surface area (TPSA) is 50.2 Å². The SMILES string of the molecule is CC(C)c1ccc(C(=O)O)c(-c2cccnc2)c1. The number of hydrogen-bond donors (Lipinski definition) is 1. The van der Waals surface area contributed by atoms with E-state index in [0.29, 0.717) is 11.5 Å². The van der Waals surface area contributed by atoms with Gasteiger partial charge < -0.3 is 5.11 Å². The molecule has 0 aliphatic carbocycles. The standard InChI is InChI=1S/C15H15NO2/c1-10(2)11-5-6-13(15(17)18)14(8-11)12-4-3-7-16-9-12/h3-10H,1-2H3,(H,17,18). The summed E-state index contributed by atoms with van der Waals surface area (Å²) in [7, 11) is 0. The van der Waals surface area contributed by atoms with Crippen LogP contribution in [-0.4, -0.2) is 16.1 Å². The molecule has 1 aromatic heterocycles. The third kappa shape index (κ3) is 2.40. The van der Waals surface area contributed by atoms with E-state index < -0.39 is 5.97 Å². The first-order chi connectivity index (χ1) is 8.59. The molecule has 1 heterocycles. The van der Waals surface area contributed by atoms with Crippen molar-refractivity contribution in [2.24, 2.45) is 0 Å². The van der Waals surface area contributed by atoms with Crippen LogP contribution in [-0.2, 0) is 0 Å². The van der Waals surface area contributed by atoms with Crippen LogP contribution in [0.25, 0.3) is 11.1 Å². The summed E-state index contributed by atoms with van der Waals surface area (Å²) in [5.74, 6) is -0.549. The molecule has 0 saturated carbocycles. The molecule has 92 valence electrons. The van der Waals surface area contributed by atoms with Crippen LogP contribution in [0, 0.1) is 0 Å². The van der Waals surface area contributed by atoms with Gasteiger partial charge in [0, 0.05) is 18.0 Å². The number of rotatable bonds is 3.